The number of likely N-dealkylation sites (tertiary alicyclic amines) is 2. The molecule has 1 spiro atoms. The van der Waals surface area contributed by atoms with E-state index >= 15 is 4.39 Å². The molecule has 2 saturated heterocycles. The molecule has 0 aromatic heterocycles. The van der Waals surface area contributed by atoms with Crippen LogP contribution in [-0.2, 0) is 9.59 Å². The van der Waals surface area contributed by atoms with Crippen molar-refractivity contribution >= 4 is 28.2 Å². The first-order valence-electron chi connectivity index (χ1n) is 15.4. The highest BCUT2D eigenvalue weighted by Gasteiger charge is 2.72. The number of fused-ring (bicyclic) bond motifs is 3. The van der Waals surface area contributed by atoms with E-state index in [0.29, 0.717) is 49.0 Å². The molecule has 4 heterocycles. The molecule has 42 heavy (non-hydrogen) atoms. The fourth-order valence-electron chi connectivity index (χ4n) is 7.34. The summed E-state index contributed by atoms with van der Waals surface area (Å²) < 4.78 is 22.8. The van der Waals surface area contributed by atoms with Gasteiger partial charge in [-0.15, -0.1) is 0 Å². The third-order valence-electron chi connectivity index (χ3n) is 9.49. The van der Waals surface area contributed by atoms with E-state index in [9.17, 15) is 9.59 Å². The van der Waals surface area contributed by atoms with Crippen molar-refractivity contribution in [1.29, 1.82) is 0 Å². The summed E-state index contributed by atoms with van der Waals surface area (Å²) in [5.41, 5.74) is 6.95. The van der Waals surface area contributed by atoms with Crippen molar-refractivity contribution in [3.63, 3.8) is 0 Å². The van der Waals surface area contributed by atoms with Crippen LogP contribution >= 0.6 is 0 Å². The van der Waals surface area contributed by atoms with Crippen LogP contribution in [-0.4, -0.2) is 66.8 Å². The van der Waals surface area contributed by atoms with E-state index in [1.165, 1.54) is 12.8 Å². The van der Waals surface area contributed by atoms with E-state index in [-0.39, 0.29) is 23.2 Å². The smallest absolute Gasteiger partial charge is 0.256 e. The maximum atomic E-state index is 16.3. The van der Waals surface area contributed by atoms with Crippen LogP contribution in [0.2, 0.25) is 0 Å². The van der Waals surface area contributed by atoms with Crippen molar-refractivity contribution in [3.8, 4) is 5.75 Å². The molecule has 1 saturated carbocycles. The Morgan fingerprint density at radius 2 is 1.88 bits per heavy atom. The summed E-state index contributed by atoms with van der Waals surface area (Å²) in [5.74, 6) is -0.721. The highest BCUT2D eigenvalue weighted by molar-refractivity contribution is 6.25. The maximum Gasteiger partial charge on any atom is 0.256 e. The van der Waals surface area contributed by atoms with Crippen LogP contribution in [0.1, 0.15) is 39.5 Å². The first-order chi connectivity index (χ1) is 20.5. The molecule has 0 bridgehead atoms. The third kappa shape index (κ3) is 4.01. The van der Waals surface area contributed by atoms with E-state index < -0.39 is 17.2 Å². The van der Waals surface area contributed by atoms with E-state index in [1.807, 2.05) is 60.0 Å². The lowest BCUT2D eigenvalue weighted by molar-refractivity contribution is -0.125. The quantitative estimate of drug-likeness (QED) is 0.520. The zero-order valence-electron chi connectivity index (χ0n) is 24.3. The van der Waals surface area contributed by atoms with Gasteiger partial charge in [-0.05, 0) is 61.7 Å². The Hall–Kier alpha value is -3.69. The molecule has 0 radical (unpaired) electrons. The number of allylic oxidation sites excluding steroid dienone is 2. The van der Waals surface area contributed by atoms with Gasteiger partial charge in [0.1, 0.15) is 11.5 Å². The van der Waals surface area contributed by atoms with Gasteiger partial charge in [-0.3, -0.25) is 9.59 Å². The SMILES string of the molecule is CC.N[C@@H]1CCN(C2=C(F)C3CC34C(=O)C(C(=O)NCCN3CCCC3)=CN3C4=C2Oc2cc4ccccc4cc23)C1. The number of Topliss-reactive ketones (excluding diaryl/α,β-unsaturated/α-hetero) is 1. The standard InChI is InChI=1S/C31H32FN5O3.C2H6/c32-25-22-15-31(22)28-27(26(25)36-11-7-20(33)16-36)40-24-14-19-6-2-1-5-18(19)13-23(24)37(28)17-21(29(31)38)30(39)34-8-12-35-9-3-4-10-35;1-2/h1-2,5-6,13-14,17,20,22H,3-4,7-12,15-16,33H2,(H,34,39);1-2H3/t20-,22?,31?;/m1./s1. The van der Waals surface area contributed by atoms with Gasteiger partial charge >= 0.3 is 0 Å². The number of rotatable bonds is 5. The normalized spacial score (nSPS) is 27.6. The van der Waals surface area contributed by atoms with E-state index in [0.717, 1.165) is 42.5 Å². The van der Waals surface area contributed by atoms with Crippen molar-refractivity contribution in [2.75, 3.05) is 44.2 Å². The minimum Gasteiger partial charge on any atom is -0.451 e. The van der Waals surface area contributed by atoms with Gasteiger partial charge in [-0.1, -0.05) is 38.1 Å². The van der Waals surface area contributed by atoms with Gasteiger partial charge in [0.05, 0.1) is 22.4 Å². The Balaban J connectivity index is 0.00000141. The lowest BCUT2D eigenvalue weighted by Crippen LogP contribution is -2.47. The average Bonchev–Trinajstić information content (AvgIpc) is 3.28. The van der Waals surface area contributed by atoms with Crippen LogP contribution in [0.4, 0.5) is 10.1 Å². The highest BCUT2D eigenvalue weighted by Crippen LogP contribution is 2.70. The highest BCUT2D eigenvalue weighted by atomic mass is 19.1. The molecule has 9 heteroatoms. The number of nitrogens with one attached hydrogen (secondary N) is 1. The second-order valence-corrected chi connectivity index (χ2v) is 11.9. The number of nitrogens with two attached hydrogens (primary N) is 1. The van der Waals surface area contributed by atoms with Gasteiger partial charge in [0.2, 0.25) is 0 Å². The molecule has 6 aliphatic rings. The molecule has 3 fully saturated rings. The maximum absolute atomic E-state index is 16.3. The van der Waals surface area contributed by atoms with Crippen LogP contribution in [0.25, 0.3) is 10.8 Å². The first kappa shape index (κ1) is 27.2. The fourth-order valence-corrected chi connectivity index (χ4v) is 7.34. The molecular formula is C33H38FN5O3. The number of hydrogen-bond acceptors (Lipinski definition) is 7. The van der Waals surface area contributed by atoms with Crippen LogP contribution in [0.5, 0.6) is 5.75 Å². The largest absolute Gasteiger partial charge is 0.451 e. The number of halogens is 1. The summed E-state index contributed by atoms with van der Waals surface area (Å²) in [4.78, 5) is 33.8. The molecule has 3 N–H and O–H groups in total. The van der Waals surface area contributed by atoms with Crippen molar-refractivity contribution in [1.82, 2.24) is 15.1 Å². The monoisotopic (exact) mass is 571 g/mol. The summed E-state index contributed by atoms with van der Waals surface area (Å²) in [5, 5.41) is 4.97. The Morgan fingerprint density at radius 3 is 2.60 bits per heavy atom. The van der Waals surface area contributed by atoms with Gasteiger partial charge < -0.3 is 30.5 Å². The second kappa shape index (κ2) is 10.2. The minimum absolute atomic E-state index is 0.0450. The molecule has 1 amide bonds. The van der Waals surface area contributed by atoms with Crippen molar-refractivity contribution < 1.29 is 18.7 Å². The van der Waals surface area contributed by atoms with Crippen LogP contribution < -0.4 is 20.7 Å². The summed E-state index contributed by atoms with van der Waals surface area (Å²) in [6.45, 7) is 8.44. The second-order valence-electron chi connectivity index (χ2n) is 11.9. The zero-order chi connectivity index (χ0) is 29.2. The van der Waals surface area contributed by atoms with Crippen molar-refractivity contribution in [2.24, 2.45) is 17.1 Å². The summed E-state index contributed by atoms with van der Waals surface area (Å²) in [7, 11) is 0. The lowest BCUT2D eigenvalue weighted by Gasteiger charge is -2.43. The van der Waals surface area contributed by atoms with Gasteiger partial charge in [0.15, 0.2) is 17.3 Å². The Labute approximate surface area is 245 Å². The Kier molecular flexibility index (Phi) is 6.62. The number of carbonyl (C=O) groups excluding carboxylic acids is 2. The lowest BCUT2D eigenvalue weighted by atomic mass is 9.80. The first-order valence-corrected chi connectivity index (χ1v) is 15.4. The van der Waals surface area contributed by atoms with Crippen LogP contribution in [0.15, 0.2) is 71.2 Å². The van der Waals surface area contributed by atoms with Crippen LogP contribution in [0.3, 0.4) is 0 Å². The summed E-state index contributed by atoms with van der Waals surface area (Å²) in [6.07, 6.45) is 5.08. The molecule has 4 aliphatic heterocycles. The zero-order valence-corrected chi connectivity index (χ0v) is 24.3. The fraction of sp³-hybridized carbons (Fsp3) is 0.455. The van der Waals surface area contributed by atoms with Gasteiger partial charge in [0.25, 0.3) is 5.91 Å². The predicted octanol–water partition coefficient (Wildman–Crippen LogP) is 4.19. The topological polar surface area (TPSA) is 91.1 Å². The molecule has 3 atom stereocenters. The van der Waals surface area contributed by atoms with Gasteiger partial charge in [-0.25, -0.2) is 4.39 Å². The third-order valence-corrected chi connectivity index (χ3v) is 9.49. The molecular weight excluding hydrogens is 533 g/mol. The van der Waals surface area contributed by atoms with Crippen molar-refractivity contribution in [3.05, 3.63) is 71.2 Å². The van der Waals surface area contributed by atoms with Gasteiger partial charge in [0, 0.05) is 44.3 Å². The number of nitrogens with zero attached hydrogens (tertiary/aromatic N) is 3. The molecule has 220 valence electrons. The number of anilines is 1. The van der Waals surface area contributed by atoms with E-state index in [2.05, 4.69) is 10.2 Å². The molecule has 2 aliphatic carbocycles. The minimum atomic E-state index is -1.13. The summed E-state index contributed by atoms with van der Waals surface area (Å²) >= 11 is 0. The number of benzene rings is 2. The van der Waals surface area contributed by atoms with Gasteiger partial charge in [-0.2, -0.15) is 0 Å². The molecule has 2 aromatic rings. The Morgan fingerprint density at radius 1 is 1.14 bits per heavy atom. The number of ketones is 1. The predicted molar refractivity (Wildman–Crippen MR) is 160 cm³/mol. The molecule has 2 unspecified atom stereocenters. The van der Waals surface area contributed by atoms with E-state index in [4.69, 9.17) is 10.5 Å². The molecule has 8 rings (SSSR count). The number of ether oxygens (including phenoxy) is 1. The number of hydrogen-bond donors (Lipinski definition) is 2. The van der Waals surface area contributed by atoms with E-state index in [1.54, 1.807) is 6.20 Å². The molecule has 2 aromatic carbocycles. The molecule has 8 nitrogen and oxygen atoms in total. The summed E-state index contributed by atoms with van der Waals surface area (Å²) in [6, 6.07) is 11.9. The number of carbonyl (C=O) groups is 2. The average molecular weight is 572 g/mol. The number of amides is 1. The Bertz CT molecular complexity index is 1570. The van der Waals surface area contributed by atoms with Crippen LogP contribution in [0, 0.1) is 11.3 Å². The van der Waals surface area contributed by atoms with Crippen molar-refractivity contribution in [2.45, 2.75) is 45.6 Å².